The van der Waals surface area contributed by atoms with Crippen molar-refractivity contribution in [3.8, 4) is 0 Å². The molecule has 0 radical (unpaired) electrons. The molecule has 15 heavy (non-hydrogen) atoms. The molecule has 1 aliphatic heterocycles. The largest absolute Gasteiger partial charge is 0.385 e. The Hall–Kier alpha value is -0.0600. The van der Waals surface area contributed by atoms with Crippen molar-refractivity contribution in [2.24, 2.45) is 5.92 Å². The second-order valence-corrected chi connectivity index (χ2v) is 5.23. The zero-order chi connectivity index (χ0) is 11.1. The van der Waals surface area contributed by atoms with E-state index in [0.29, 0.717) is 24.9 Å². The molecule has 1 fully saturated rings. The molecule has 0 saturated carbocycles. The first-order valence-corrected chi connectivity index (χ1v) is 6.72. The first kappa shape index (κ1) is 13.0. The van der Waals surface area contributed by atoms with E-state index in [9.17, 15) is 4.79 Å². The average molecular weight is 231 g/mol. The molecule has 88 valence electrons. The molecule has 2 unspecified atom stereocenters. The SMILES string of the molecule is COCCC(C)C(=O)CC1CSCCN1. The Morgan fingerprint density at radius 3 is 3.07 bits per heavy atom. The molecule has 0 spiro atoms. The zero-order valence-corrected chi connectivity index (χ0v) is 10.4. The minimum atomic E-state index is 0.138. The van der Waals surface area contributed by atoms with Crippen LogP contribution in [-0.2, 0) is 9.53 Å². The van der Waals surface area contributed by atoms with E-state index in [0.717, 1.165) is 18.7 Å². The molecule has 0 aromatic heterocycles. The number of nitrogens with one attached hydrogen (secondary N) is 1. The molecule has 0 bridgehead atoms. The molecule has 0 amide bonds. The summed E-state index contributed by atoms with van der Waals surface area (Å²) in [5, 5.41) is 3.39. The van der Waals surface area contributed by atoms with Crippen molar-refractivity contribution in [3.05, 3.63) is 0 Å². The monoisotopic (exact) mass is 231 g/mol. The van der Waals surface area contributed by atoms with Crippen molar-refractivity contribution in [1.82, 2.24) is 5.32 Å². The van der Waals surface area contributed by atoms with Gasteiger partial charge in [-0.25, -0.2) is 0 Å². The van der Waals surface area contributed by atoms with Gasteiger partial charge in [0.2, 0.25) is 0 Å². The van der Waals surface area contributed by atoms with E-state index < -0.39 is 0 Å². The molecule has 1 saturated heterocycles. The summed E-state index contributed by atoms with van der Waals surface area (Å²) in [6, 6.07) is 0.390. The Labute approximate surface area is 96.3 Å². The second kappa shape index (κ2) is 7.25. The van der Waals surface area contributed by atoms with Crippen LogP contribution in [0.15, 0.2) is 0 Å². The van der Waals surface area contributed by atoms with Gasteiger partial charge in [0, 0.05) is 50.1 Å². The fraction of sp³-hybridized carbons (Fsp3) is 0.909. The highest BCUT2D eigenvalue weighted by atomic mass is 32.2. The van der Waals surface area contributed by atoms with Gasteiger partial charge in [-0.3, -0.25) is 4.79 Å². The van der Waals surface area contributed by atoms with Crippen molar-refractivity contribution in [1.29, 1.82) is 0 Å². The number of ketones is 1. The standard InChI is InChI=1S/C11H21NO2S/c1-9(3-5-14-2)11(13)7-10-8-15-6-4-12-10/h9-10,12H,3-8H2,1-2H3. The van der Waals surface area contributed by atoms with Gasteiger partial charge < -0.3 is 10.1 Å². The van der Waals surface area contributed by atoms with Crippen molar-refractivity contribution >= 4 is 17.5 Å². The highest BCUT2D eigenvalue weighted by Crippen LogP contribution is 2.14. The predicted molar refractivity (Wildman–Crippen MR) is 64.4 cm³/mol. The number of Topliss-reactive ketones (excluding diaryl/α,β-unsaturated/α-hetero) is 1. The maximum atomic E-state index is 11.8. The average Bonchev–Trinajstić information content (AvgIpc) is 2.27. The number of carbonyl (C=O) groups excluding carboxylic acids is 1. The molecule has 1 heterocycles. The fourth-order valence-electron chi connectivity index (χ4n) is 1.65. The van der Waals surface area contributed by atoms with Gasteiger partial charge in [-0.05, 0) is 6.42 Å². The van der Waals surface area contributed by atoms with Crippen LogP contribution in [0, 0.1) is 5.92 Å². The Bertz CT molecular complexity index is 193. The van der Waals surface area contributed by atoms with Crippen LogP contribution in [0.25, 0.3) is 0 Å². The van der Waals surface area contributed by atoms with Gasteiger partial charge in [0.15, 0.2) is 0 Å². The van der Waals surface area contributed by atoms with E-state index >= 15 is 0 Å². The number of ether oxygens (including phenoxy) is 1. The van der Waals surface area contributed by atoms with E-state index in [1.807, 2.05) is 18.7 Å². The first-order chi connectivity index (χ1) is 7.24. The number of hydrogen-bond donors (Lipinski definition) is 1. The minimum Gasteiger partial charge on any atom is -0.385 e. The number of methoxy groups -OCH3 is 1. The lowest BCUT2D eigenvalue weighted by molar-refractivity contribution is -0.123. The Morgan fingerprint density at radius 1 is 1.67 bits per heavy atom. The second-order valence-electron chi connectivity index (χ2n) is 4.08. The van der Waals surface area contributed by atoms with Crippen molar-refractivity contribution in [2.45, 2.75) is 25.8 Å². The quantitative estimate of drug-likeness (QED) is 0.748. The van der Waals surface area contributed by atoms with E-state index in [4.69, 9.17) is 4.74 Å². The van der Waals surface area contributed by atoms with E-state index in [1.165, 1.54) is 5.75 Å². The Kier molecular flexibility index (Phi) is 6.29. The molecule has 0 aromatic rings. The summed E-state index contributed by atoms with van der Waals surface area (Å²) in [6.07, 6.45) is 1.52. The Balaban J connectivity index is 2.20. The lowest BCUT2D eigenvalue weighted by Gasteiger charge is -2.23. The van der Waals surface area contributed by atoms with Gasteiger partial charge in [-0.15, -0.1) is 0 Å². The summed E-state index contributed by atoms with van der Waals surface area (Å²) in [5.74, 6) is 2.75. The first-order valence-electron chi connectivity index (χ1n) is 5.56. The highest BCUT2D eigenvalue weighted by Gasteiger charge is 2.20. The third kappa shape index (κ3) is 5.00. The van der Waals surface area contributed by atoms with Crippen molar-refractivity contribution in [3.63, 3.8) is 0 Å². The Morgan fingerprint density at radius 2 is 2.47 bits per heavy atom. The molecule has 3 nitrogen and oxygen atoms in total. The molecule has 0 aliphatic carbocycles. The van der Waals surface area contributed by atoms with Crippen LogP contribution in [0.1, 0.15) is 19.8 Å². The molecule has 2 atom stereocenters. The third-order valence-electron chi connectivity index (χ3n) is 2.75. The lowest BCUT2D eigenvalue weighted by Crippen LogP contribution is -2.39. The number of thioether (sulfide) groups is 1. The van der Waals surface area contributed by atoms with Gasteiger partial charge >= 0.3 is 0 Å². The minimum absolute atomic E-state index is 0.138. The molecular formula is C11H21NO2S. The van der Waals surface area contributed by atoms with Crippen LogP contribution in [0.2, 0.25) is 0 Å². The number of hydrogen-bond acceptors (Lipinski definition) is 4. The number of carbonyl (C=O) groups is 1. The molecule has 1 N–H and O–H groups in total. The van der Waals surface area contributed by atoms with E-state index in [-0.39, 0.29) is 5.92 Å². The smallest absolute Gasteiger partial charge is 0.137 e. The van der Waals surface area contributed by atoms with Gasteiger partial charge in [0.1, 0.15) is 5.78 Å². The third-order valence-corrected chi connectivity index (χ3v) is 3.88. The van der Waals surface area contributed by atoms with Crippen LogP contribution in [0.4, 0.5) is 0 Å². The summed E-state index contributed by atoms with van der Waals surface area (Å²) in [7, 11) is 1.68. The van der Waals surface area contributed by atoms with Crippen molar-refractivity contribution < 1.29 is 9.53 Å². The topological polar surface area (TPSA) is 38.3 Å². The molecule has 0 aromatic carbocycles. The van der Waals surface area contributed by atoms with E-state index in [2.05, 4.69) is 5.32 Å². The summed E-state index contributed by atoms with van der Waals surface area (Å²) < 4.78 is 4.98. The molecule has 1 rings (SSSR count). The molecule has 4 heteroatoms. The summed E-state index contributed by atoms with van der Waals surface area (Å²) in [4.78, 5) is 11.8. The maximum Gasteiger partial charge on any atom is 0.137 e. The van der Waals surface area contributed by atoms with Gasteiger partial charge in [0.05, 0.1) is 0 Å². The van der Waals surface area contributed by atoms with Crippen LogP contribution >= 0.6 is 11.8 Å². The van der Waals surface area contributed by atoms with Gasteiger partial charge in [0.25, 0.3) is 0 Å². The van der Waals surface area contributed by atoms with Crippen LogP contribution in [-0.4, -0.2) is 43.6 Å². The zero-order valence-electron chi connectivity index (χ0n) is 9.62. The van der Waals surface area contributed by atoms with Crippen LogP contribution in [0.5, 0.6) is 0 Å². The summed E-state index contributed by atoms with van der Waals surface area (Å²) in [6.45, 7) is 3.71. The summed E-state index contributed by atoms with van der Waals surface area (Å²) >= 11 is 1.94. The maximum absolute atomic E-state index is 11.8. The van der Waals surface area contributed by atoms with E-state index in [1.54, 1.807) is 7.11 Å². The highest BCUT2D eigenvalue weighted by molar-refractivity contribution is 7.99. The van der Waals surface area contributed by atoms with Crippen molar-refractivity contribution in [2.75, 3.05) is 31.8 Å². The normalized spacial score (nSPS) is 23.7. The predicted octanol–water partition coefficient (Wildman–Crippen LogP) is 1.32. The molecular weight excluding hydrogens is 210 g/mol. The van der Waals surface area contributed by atoms with Crippen LogP contribution < -0.4 is 5.32 Å². The fourth-order valence-corrected chi connectivity index (χ4v) is 2.60. The summed E-state index contributed by atoms with van der Waals surface area (Å²) in [5.41, 5.74) is 0. The van der Waals surface area contributed by atoms with Crippen LogP contribution in [0.3, 0.4) is 0 Å². The van der Waals surface area contributed by atoms with Gasteiger partial charge in [-0.1, -0.05) is 6.92 Å². The van der Waals surface area contributed by atoms with Gasteiger partial charge in [-0.2, -0.15) is 11.8 Å². The number of rotatable bonds is 6. The molecule has 1 aliphatic rings. The lowest BCUT2D eigenvalue weighted by atomic mass is 9.98.